The van der Waals surface area contributed by atoms with Crippen molar-refractivity contribution in [1.82, 2.24) is 0 Å². The van der Waals surface area contributed by atoms with Gasteiger partial charge < -0.3 is 0 Å². The molecule has 72 valence electrons. The van der Waals surface area contributed by atoms with Crippen LogP contribution in [-0.4, -0.2) is 0 Å². The Morgan fingerprint density at radius 3 is 2.43 bits per heavy atom. The lowest BCUT2D eigenvalue weighted by Crippen LogP contribution is -2.06. The van der Waals surface area contributed by atoms with Gasteiger partial charge in [-0.3, -0.25) is 0 Å². The molecule has 1 aliphatic rings. The van der Waals surface area contributed by atoms with E-state index in [2.05, 4.69) is 6.07 Å². The summed E-state index contributed by atoms with van der Waals surface area (Å²) in [7, 11) is 0. The molecule has 0 bridgehead atoms. The SMILES string of the molecule is Cc1cc(C)c(C2(C#N)CC2)cc1F. The van der Waals surface area contributed by atoms with Gasteiger partial charge in [-0.2, -0.15) is 5.26 Å². The van der Waals surface area contributed by atoms with Crippen molar-refractivity contribution in [2.24, 2.45) is 0 Å². The van der Waals surface area contributed by atoms with Crippen LogP contribution in [0.2, 0.25) is 0 Å². The van der Waals surface area contributed by atoms with Gasteiger partial charge in [-0.25, -0.2) is 4.39 Å². The van der Waals surface area contributed by atoms with E-state index in [1.807, 2.05) is 13.0 Å². The predicted octanol–water partition coefficient (Wildman–Crippen LogP) is 3.00. The molecular formula is C12H12FN. The first-order chi connectivity index (χ1) is 6.59. The van der Waals surface area contributed by atoms with E-state index >= 15 is 0 Å². The summed E-state index contributed by atoms with van der Waals surface area (Å²) in [6.45, 7) is 3.69. The minimum Gasteiger partial charge on any atom is -0.207 e. The van der Waals surface area contributed by atoms with Gasteiger partial charge in [-0.1, -0.05) is 6.07 Å². The van der Waals surface area contributed by atoms with Crippen molar-refractivity contribution in [2.75, 3.05) is 0 Å². The average Bonchev–Trinajstić information content (AvgIpc) is 2.92. The van der Waals surface area contributed by atoms with Crippen LogP contribution in [0.5, 0.6) is 0 Å². The molecule has 2 heteroatoms. The zero-order chi connectivity index (χ0) is 10.3. The average molecular weight is 189 g/mol. The topological polar surface area (TPSA) is 23.8 Å². The summed E-state index contributed by atoms with van der Waals surface area (Å²) in [5.74, 6) is -0.202. The summed E-state index contributed by atoms with van der Waals surface area (Å²) in [6.07, 6.45) is 1.74. The van der Waals surface area contributed by atoms with E-state index < -0.39 is 0 Å². The van der Waals surface area contributed by atoms with Crippen molar-refractivity contribution in [1.29, 1.82) is 5.26 Å². The second kappa shape index (κ2) is 2.81. The van der Waals surface area contributed by atoms with Gasteiger partial charge in [-0.05, 0) is 49.4 Å². The highest BCUT2D eigenvalue weighted by Gasteiger charge is 2.46. The molecule has 1 aromatic rings. The van der Waals surface area contributed by atoms with E-state index in [1.54, 1.807) is 6.92 Å². The van der Waals surface area contributed by atoms with Gasteiger partial charge in [0.25, 0.3) is 0 Å². The second-order valence-corrected chi connectivity index (χ2v) is 4.11. The van der Waals surface area contributed by atoms with Crippen LogP contribution in [0.3, 0.4) is 0 Å². The number of halogens is 1. The quantitative estimate of drug-likeness (QED) is 0.666. The zero-order valence-electron chi connectivity index (χ0n) is 8.39. The number of nitriles is 1. The van der Waals surface area contributed by atoms with E-state index in [0.29, 0.717) is 5.56 Å². The van der Waals surface area contributed by atoms with Gasteiger partial charge in [0, 0.05) is 0 Å². The van der Waals surface area contributed by atoms with Gasteiger partial charge >= 0.3 is 0 Å². The van der Waals surface area contributed by atoms with E-state index in [1.165, 1.54) is 6.07 Å². The molecule has 1 saturated carbocycles. The molecule has 0 unspecified atom stereocenters. The van der Waals surface area contributed by atoms with E-state index in [-0.39, 0.29) is 11.2 Å². The second-order valence-electron chi connectivity index (χ2n) is 4.11. The molecule has 2 rings (SSSR count). The Balaban J connectivity index is 2.55. The van der Waals surface area contributed by atoms with Crippen molar-refractivity contribution in [2.45, 2.75) is 32.1 Å². The van der Waals surface area contributed by atoms with Crippen LogP contribution in [-0.2, 0) is 5.41 Å². The molecule has 0 atom stereocenters. The number of hydrogen-bond donors (Lipinski definition) is 0. The van der Waals surface area contributed by atoms with Crippen LogP contribution >= 0.6 is 0 Å². The van der Waals surface area contributed by atoms with Crippen molar-refractivity contribution in [3.63, 3.8) is 0 Å². The fraction of sp³-hybridized carbons (Fsp3) is 0.417. The third-order valence-corrected chi connectivity index (χ3v) is 2.99. The molecule has 0 N–H and O–H groups in total. The summed E-state index contributed by atoms with van der Waals surface area (Å²) < 4.78 is 13.3. The monoisotopic (exact) mass is 189 g/mol. The third-order valence-electron chi connectivity index (χ3n) is 2.99. The summed E-state index contributed by atoms with van der Waals surface area (Å²) in [5.41, 5.74) is 2.18. The van der Waals surface area contributed by atoms with Crippen LogP contribution in [0.15, 0.2) is 12.1 Å². The number of nitrogens with zero attached hydrogens (tertiary/aromatic N) is 1. The lowest BCUT2D eigenvalue weighted by Gasteiger charge is -2.11. The Hall–Kier alpha value is -1.36. The number of rotatable bonds is 1. The maximum absolute atomic E-state index is 13.3. The van der Waals surface area contributed by atoms with Crippen LogP contribution < -0.4 is 0 Å². The van der Waals surface area contributed by atoms with Crippen molar-refractivity contribution in [3.05, 3.63) is 34.6 Å². The first-order valence-electron chi connectivity index (χ1n) is 4.77. The Morgan fingerprint density at radius 1 is 1.29 bits per heavy atom. The highest BCUT2D eigenvalue weighted by atomic mass is 19.1. The predicted molar refractivity (Wildman–Crippen MR) is 52.4 cm³/mol. The highest BCUT2D eigenvalue weighted by molar-refractivity contribution is 5.45. The number of hydrogen-bond acceptors (Lipinski definition) is 1. The molecular weight excluding hydrogens is 177 g/mol. The maximum Gasteiger partial charge on any atom is 0.126 e. The lowest BCUT2D eigenvalue weighted by molar-refractivity contribution is 0.613. The first kappa shape index (κ1) is 9.21. The van der Waals surface area contributed by atoms with Crippen LogP contribution in [0.1, 0.15) is 29.5 Å². The molecule has 1 nitrogen and oxygen atoms in total. The number of aryl methyl sites for hydroxylation is 2. The summed E-state index contributed by atoms with van der Waals surface area (Å²) in [5, 5.41) is 9.02. The van der Waals surface area contributed by atoms with Gasteiger partial charge in [0.05, 0.1) is 11.5 Å². The smallest absolute Gasteiger partial charge is 0.126 e. The normalized spacial score (nSPS) is 17.6. The van der Waals surface area contributed by atoms with E-state index in [0.717, 1.165) is 24.0 Å². The Bertz CT molecular complexity index is 425. The van der Waals surface area contributed by atoms with Gasteiger partial charge in [0.1, 0.15) is 5.82 Å². The Morgan fingerprint density at radius 2 is 1.93 bits per heavy atom. The Kier molecular flexibility index (Phi) is 1.85. The maximum atomic E-state index is 13.3. The minimum absolute atomic E-state index is 0.202. The number of benzene rings is 1. The summed E-state index contributed by atoms with van der Waals surface area (Å²) in [6, 6.07) is 5.64. The molecule has 1 aromatic carbocycles. The van der Waals surface area contributed by atoms with Gasteiger partial charge in [-0.15, -0.1) is 0 Å². The molecule has 1 fully saturated rings. The molecule has 0 aliphatic heterocycles. The molecule has 0 aromatic heterocycles. The minimum atomic E-state index is -0.376. The van der Waals surface area contributed by atoms with Crippen molar-refractivity contribution in [3.8, 4) is 6.07 Å². The standard InChI is InChI=1S/C12H12FN/c1-8-5-9(2)11(13)6-10(8)12(7-14)3-4-12/h5-6H,3-4H2,1-2H3. The van der Waals surface area contributed by atoms with Crippen LogP contribution in [0.4, 0.5) is 4.39 Å². The molecule has 14 heavy (non-hydrogen) atoms. The fourth-order valence-electron chi connectivity index (χ4n) is 1.91. The third kappa shape index (κ3) is 1.21. The summed E-state index contributed by atoms with van der Waals surface area (Å²) in [4.78, 5) is 0. The molecule has 0 amide bonds. The highest BCUT2D eigenvalue weighted by Crippen LogP contribution is 2.48. The van der Waals surface area contributed by atoms with Crippen LogP contribution in [0, 0.1) is 31.0 Å². The molecule has 0 heterocycles. The largest absolute Gasteiger partial charge is 0.207 e. The molecule has 0 spiro atoms. The molecule has 1 aliphatic carbocycles. The van der Waals surface area contributed by atoms with E-state index in [9.17, 15) is 4.39 Å². The Labute approximate surface area is 83.2 Å². The van der Waals surface area contributed by atoms with Gasteiger partial charge in [0.2, 0.25) is 0 Å². The van der Waals surface area contributed by atoms with Gasteiger partial charge in [0.15, 0.2) is 0 Å². The first-order valence-corrected chi connectivity index (χ1v) is 4.77. The van der Waals surface area contributed by atoms with Crippen LogP contribution in [0.25, 0.3) is 0 Å². The molecule has 0 saturated heterocycles. The van der Waals surface area contributed by atoms with Crippen molar-refractivity contribution < 1.29 is 4.39 Å². The van der Waals surface area contributed by atoms with E-state index in [4.69, 9.17) is 5.26 Å². The fourth-order valence-corrected chi connectivity index (χ4v) is 1.91. The lowest BCUT2D eigenvalue weighted by atomic mass is 9.92. The molecule has 0 radical (unpaired) electrons. The van der Waals surface area contributed by atoms with Crippen molar-refractivity contribution >= 4 is 0 Å². The zero-order valence-corrected chi connectivity index (χ0v) is 8.39. The summed E-state index contributed by atoms with van der Waals surface area (Å²) >= 11 is 0.